The summed E-state index contributed by atoms with van der Waals surface area (Å²) in [6, 6.07) is 21.8. The van der Waals surface area contributed by atoms with Crippen LogP contribution in [0.1, 0.15) is 22.7 Å². The molecule has 1 aliphatic heterocycles. The molecule has 0 saturated carbocycles. The SMILES string of the molecule is Cc1ccc(NC(=O)N2Cc3ccccc3[C@@H]2C(=O)Nc2ccc(-n3ccccc3=O)cc2)nc1. The number of benzene rings is 2. The van der Waals surface area contributed by atoms with Crippen LogP contribution in [0.4, 0.5) is 16.3 Å². The third-order valence-electron chi connectivity index (χ3n) is 5.89. The van der Waals surface area contributed by atoms with Crippen LogP contribution in [-0.2, 0) is 11.3 Å². The fourth-order valence-corrected chi connectivity index (χ4v) is 4.14. The number of hydrogen-bond acceptors (Lipinski definition) is 4. The maximum absolute atomic E-state index is 13.4. The van der Waals surface area contributed by atoms with Gasteiger partial charge in [-0.1, -0.05) is 36.4 Å². The number of amides is 3. The van der Waals surface area contributed by atoms with Crippen LogP contribution in [0.5, 0.6) is 0 Å². The Balaban J connectivity index is 1.37. The molecule has 0 aliphatic carbocycles. The number of carbonyl (C=O) groups is 2. The third kappa shape index (κ3) is 4.54. The first-order valence-electron chi connectivity index (χ1n) is 11.2. The van der Waals surface area contributed by atoms with Crippen molar-refractivity contribution in [2.75, 3.05) is 10.6 Å². The quantitative estimate of drug-likeness (QED) is 0.471. The first-order chi connectivity index (χ1) is 17.0. The molecule has 0 bridgehead atoms. The minimum atomic E-state index is -0.798. The predicted octanol–water partition coefficient (Wildman–Crippen LogP) is 4.27. The van der Waals surface area contributed by atoms with Gasteiger partial charge in [0, 0.05) is 36.4 Å². The van der Waals surface area contributed by atoms with Gasteiger partial charge in [-0.2, -0.15) is 0 Å². The summed E-state index contributed by atoms with van der Waals surface area (Å²) in [6.45, 7) is 2.22. The van der Waals surface area contributed by atoms with Gasteiger partial charge in [-0.3, -0.25) is 19.5 Å². The lowest BCUT2D eigenvalue weighted by atomic mass is 10.0. The summed E-state index contributed by atoms with van der Waals surface area (Å²) < 4.78 is 1.52. The Hall–Kier alpha value is -4.72. The molecule has 4 aromatic rings. The van der Waals surface area contributed by atoms with Crippen molar-refractivity contribution < 1.29 is 9.59 Å². The Labute approximate surface area is 201 Å². The topological polar surface area (TPSA) is 96.3 Å². The van der Waals surface area contributed by atoms with Gasteiger partial charge < -0.3 is 10.2 Å². The summed E-state index contributed by atoms with van der Waals surface area (Å²) in [5.41, 5.74) is 3.79. The average Bonchev–Trinajstić information content (AvgIpc) is 3.26. The molecule has 3 heterocycles. The molecule has 0 radical (unpaired) electrons. The summed E-state index contributed by atoms with van der Waals surface area (Å²) >= 11 is 0. The van der Waals surface area contributed by atoms with Crippen LogP contribution < -0.4 is 16.2 Å². The lowest BCUT2D eigenvalue weighted by Crippen LogP contribution is -2.39. The van der Waals surface area contributed by atoms with Gasteiger partial charge in [0.05, 0.1) is 0 Å². The highest BCUT2D eigenvalue weighted by Crippen LogP contribution is 2.35. The molecule has 1 atom stereocenters. The molecule has 0 saturated heterocycles. The molecule has 0 fully saturated rings. The zero-order chi connectivity index (χ0) is 24.4. The highest BCUT2D eigenvalue weighted by Gasteiger charge is 2.38. The van der Waals surface area contributed by atoms with E-state index in [2.05, 4.69) is 15.6 Å². The summed E-state index contributed by atoms with van der Waals surface area (Å²) in [6.07, 6.45) is 3.36. The molecule has 2 aromatic heterocycles. The normalized spacial score (nSPS) is 14.3. The second-order valence-corrected chi connectivity index (χ2v) is 8.33. The number of aromatic nitrogens is 2. The molecule has 174 valence electrons. The molecule has 2 aromatic carbocycles. The van der Waals surface area contributed by atoms with Crippen molar-refractivity contribution in [3.05, 3.63) is 118 Å². The van der Waals surface area contributed by atoms with E-state index in [0.717, 1.165) is 16.7 Å². The number of fused-ring (bicyclic) bond motifs is 1. The van der Waals surface area contributed by atoms with Gasteiger partial charge in [-0.15, -0.1) is 0 Å². The van der Waals surface area contributed by atoms with E-state index in [4.69, 9.17) is 0 Å². The maximum Gasteiger partial charge on any atom is 0.324 e. The van der Waals surface area contributed by atoms with E-state index in [9.17, 15) is 14.4 Å². The number of carbonyl (C=O) groups excluding carboxylic acids is 2. The second-order valence-electron chi connectivity index (χ2n) is 8.33. The third-order valence-corrected chi connectivity index (χ3v) is 5.89. The molecular formula is C27H23N5O3. The van der Waals surface area contributed by atoms with Crippen LogP contribution in [0.2, 0.25) is 0 Å². The minimum absolute atomic E-state index is 0.142. The summed E-state index contributed by atoms with van der Waals surface area (Å²) in [4.78, 5) is 44.3. The van der Waals surface area contributed by atoms with E-state index >= 15 is 0 Å². The number of rotatable bonds is 4. The zero-order valence-corrected chi connectivity index (χ0v) is 19.0. The minimum Gasteiger partial charge on any atom is -0.324 e. The van der Waals surface area contributed by atoms with Crippen molar-refractivity contribution in [2.24, 2.45) is 0 Å². The maximum atomic E-state index is 13.4. The van der Waals surface area contributed by atoms with Crippen LogP contribution in [0.25, 0.3) is 5.69 Å². The standard InChI is InChI=1S/C27H23N5O3/c1-18-9-14-23(28-16-18)30-27(35)32-17-19-6-2-3-7-22(19)25(32)26(34)29-20-10-12-21(13-11-20)31-15-5-4-8-24(31)33/h2-16,25H,17H2,1H3,(H,29,34)(H,28,30,35)/t25-/m1/s1. The highest BCUT2D eigenvalue weighted by molar-refractivity contribution is 6.00. The van der Waals surface area contributed by atoms with Gasteiger partial charge in [0.15, 0.2) is 0 Å². The van der Waals surface area contributed by atoms with E-state index < -0.39 is 12.1 Å². The fourth-order valence-electron chi connectivity index (χ4n) is 4.14. The molecule has 8 nitrogen and oxygen atoms in total. The molecule has 0 spiro atoms. The van der Waals surface area contributed by atoms with Gasteiger partial charge in [0.25, 0.3) is 11.5 Å². The van der Waals surface area contributed by atoms with Crippen LogP contribution >= 0.6 is 0 Å². The molecule has 0 unspecified atom stereocenters. The van der Waals surface area contributed by atoms with Crippen molar-refractivity contribution in [3.8, 4) is 5.69 Å². The Kier molecular flexibility index (Phi) is 5.85. The Morgan fingerprint density at radius 1 is 0.914 bits per heavy atom. The number of urea groups is 1. The van der Waals surface area contributed by atoms with Crippen LogP contribution in [0.3, 0.4) is 0 Å². The van der Waals surface area contributed by atoms with Crippen molar-refractivity contribution in [2.45, 2.75) is 19.5 Å². The summed E-state index contributed by atoms with van der Waals surface area (Å²) in [5, 5.41) is 5.70. The molecule has 1 aliphatic rings. The average molecular weight is 466 g/mol. The first-order valence-corrected chi connectivity index (χ1v) is 11.2. The van der Waals surface area contributed by atoms with Gasteiger partial charge in [-0.25, -0.2) is 9.78 Å². The largest absolute Gasteiger partial charge is 0.324 e. The van der Waals surface area contributed by atoms with Crippen molar-refractivity contribution in [1.29, 1.82) is 0 Å². The number of pyridine rings is 2. The molecule has 35 heavy (non-hydrogen) atoms. The molecule has 8 heteroatoms. The number of hydrogen-bond donors (Lipinski definition) is 2. The van der Waals surface area contributed by atoms with Gasteiger partial charge in [-0.05, 0) is 60.0 Å². The number of nitrogens with zero attached hydrogens (tertiary/aromatic N) is 3. The fraction of sp³-hybridized carbons (Fsp3) is 0.111. The number of aryl methyl sites for hydroxylation is 1. The monoisotopic (exact) mass is 465 g/mol. The predicted molar refractivity (Wildman–Crippen MR) is 133 cm³/mol. The highest BCUT2D eigenvalue weighted by atomic mass is 16.2. The van der Waals surface area contributed by atoms with Crippen molar-refractivity contribution >= 4 is 23.4 Å². The molecular weight excluding hydrogens is 442 g/mol. The smallest absolute Gasteiger partial charge is 0.324 e. The van der Waals surface area contributed by atoms with E-state index in [1.54, 1.807) is 54.9 Å². The number of nitrogens with one attached hydrogen (secondary N) is 2. The van der Waals surface area contributed by atoms with Gasteiger partial charge in [0.1, 0.15) is 11.9 Å². The zero-order valence-electron chi connectivity index (χ0n) is 19.0. The Bertz CT molecular complexity index is 1440. The van der Waals surface area contributed by atoms with Crippen LogP contribution in [0.15, 0.2) is 96.1 Å². The van der Waals surface area contributed by atoms with Crippen LogP contribution in [0, 0.1) is 6.92 Å². The van der Waals surface area contributed by atoms with Gasteiger partial charge >= 0.3 is 6.03 Å². The Morgan fingerprint density at radius 2 is 1.69 bits per heavy atom. The van der Waals surface area contributed by atoms with E-state index in [0.29, 0.717) is 23.7 Å². The van der Waals surface area contributed by atoms with E-state index in [-0.39, 0.29) is 11.5 Å². The van der Waals surface area contributed by atoms with E-state index in [1.165, 1.54) is 15.5 Å². The molecule has 2 N–H and O–H groups in total. The van der Waals surface area contributed by atoms with Crippen molar-refractivity contribution in [3.63, 3.8) is 0 Å². The lowest BCUT2D eigenvalue weighted by Gasteiger charge is -2.24. The number of anilines is 2. The lowest BCUT2D eigenvalue weighted by molar-refractivity contribution is -0.120. The molecule has 3 amide bonds. The molecule has 5 rings (SSSR count). The van der Waals surface area contributed by atoms with E-state index in [1.807, 2.05) is 37.3 Å². The van der Waals surface area contributed by atoms with Gasteiger partial charge in [0.2, 0.25) is 0 Å². The van der Waals surface area contributed by atoms with Crippen molar-refractivity contribution in [1.82, 2.24) is 14.5 Å². The summed E-state index contributed by atoms with van der Waals surface area (Å²) in [5.74, 6) is 0.0917. The summed E-state index contributed by atoms with van der Waals surface area (Å²) in [7, 11) is 0. The second kappa shape index (κ2) is 9.26. The first kappa shape index (κ1) is 22.1. The van der Waals surface area contributed by atoms with Crippen LogP contribution in [-0.4, -0.2) is 26.4 Å². The Morgan fingerprint density at radius 3 is 2.43 bits per heavy atom.